The Morgan fingerprint density at radius 1 is 1.40 bits per heavy atom. The van der Waals surface area contributed by atoms with Gasteiger partial charge in [0.2, 0.25) is 5.82 Å². The molecule has 0 aliphatic heterocycles. The highest BCUT2D eigenvalue weighted by Gasteiger charge is 2.21. The van der Waals surface area contributed by atoms with Crippen molar-refractivity contribution in [2.75, 3.05) is 5.32 Å². The van der Waals surface area contributed by atoms with E-state index in [1.165, 1.54) is 19.1 Å². The molecule has 0 aliphatic carbocycles. The van der Waals surface area contributed by atoms with Crippen molar-refractivity contribution in [1.29, 1.82) is 0 Å². The van der Waals surface area contributed by atoms with Crippen LogP contribution in [0.5, 0.6) is 0 Å². The lowest BCUT2D eigenvalue weighted by Gasteiger charge is -2.07. The van der Waals surface area contributed by atoms with E-state index in [1.54, 1.807) is 6.92 Å². The van der Waals surface area contributed by atoms with E-state index < -0.39 is 10.8 Å². The number of amides is 1. The molecule has 0 radical (unpaired) electrons. The van der Waals surface area contributed by atoms with E-state index in [0.717, 1.165) is 0 Å². The molecule has 1 heterocycles. The van der Waals surface area contributed by atoms with Crippen molar-refractivity contribution in [3.05, 3.63) is 43.5 Å². The van der Waals surface area contributed by atoms with Crippen LogP contribution in [0.4, 0.5) is 11.5 Å². The van der Waals surface area contributed by atoms with Gasteiger partial charge in [-0.1, -0.05) is 21.1 Å². The second-order valence-electron chi connectivity index (χ2n) is 4.01. The molecule has 8 nitrogen and oxygen atoms in total. The average molecular weight is 341 g/mol. The Morgan fingerprint density at radius 3 is 2.65 bits per heavy atom. The van der Waals surface area contributed by atoms with Crippen molar-refractivity contribution in [2.45, 2.75) is 13.8 Å². The van der Waals surface area contributed by atoms with Gasteiger partial charge in [0.15, 0.2) is 0 Å². The number of halogens is 1. The molecule has 0 unspecified atom stereocenters. The maximum absolute atomic E-state index is 12.1. The summed E-state index contributed by atoms with van der Waals surface area (Å²) < 4.78 is 4.91. The molecular formula is C11H9BrN4O4. The zero-order valence-electron chi connectivity index (χ0n) is 10.5. The Bertz CT molecular complexity index is 698. The minimum absolute atomic E-state index is 0.139. The Labute approximate surface area is 121 Å². The quantitative estimate of drug-likeness (QED) is 0.678. The van der Waals surface area contributed by atoms with E-state index in [9.17, 15) is 14.9 Å². The molecular weight excluding hydrogens is 332 g/mol. The lowest BCUT2D eigenvalue weighted by atomic mass is 10.1. The molecule has 1 aromatic carbocycles. The molecule has 20 heavy (non-hydrogen) atoms. The zero-order valence-corrected chi connectivity index (χ0v) is 12.1. The first-order chi connectivity index (χ1) is 9.40. The molecule has 0 spiro atoms. The molecule has 104 valence electrons. The van der Waals surface area contributed by atoms with Crippen LogP contribution in [0, 0.1) is 24.0 Å². The van der Waals surface area contributed by atoms with Crippen molar-refractivity contribution < 1.29 is 14.3 Å². The fourth-order valence-electron chi connectivity index (χ4n) is 1.61. The molecule has 1 N–H and O–H groups in total. The monoisotopic (exact) mass is 340 g/mol. The number of benzene rings is 1. The first-order valence-electron chi connectivity index (χ1n) is 5.45. The molecule has 0 saturated heterocycles. The fraction of sp³-hybridized carbons (Fsp3) is 0.182. The molecule has 2 aromatic rings. The van der Waals surface area contributed by atoms with Gasteiger partial charge >= 0.3 is 0 Å². The molecule has 1 amide bonds. The lowest BCUT2D eigenvalue weighted by molar-refractivity contribution is -0.385. The number of aryl methyl sites for hydroxylation is 1. The summed E-state index contributed by atoms with van der Waals surface area (Å²) in [6, 6.07) is 2.84. The summed E-state index contributed by atoms with van der Waals surface area (Å²) in [6.45, 7) is 3.12. The molecule has 9 heteroatoms. The number of nitrogens with zero attached hydrogens (tertiary/aromatic N) is 3. The second kappa shape index (κ2) is 5.37. The predicted octanol–water partition coefficient (Wildman–Crippen LogP) is 2.61. The minimum atomic E-state index is -0.542. The zero-order chi connectivity index (χ0) is 14.9. The second-order valence-corrected chi connectivity index (χ2v) is 4.92. The van der Waals surface area contributed by atoms with Gasteiger partial charge in [0.25, 0.3) is 11.6 Å². The highest BCUT2D eigenvalue weighted by atomic mass is 79.9. The third-order valence-corrected chi connectivity index (χ3v) is 3.13. The number of carbonyl (C=O) groups is 1. The minimum Gasteiger partial charge on any atom is -0.302 e. The van der Waals surface area contributed by atoms with Gasteiger partial charge in [-0.2, -0.15) is 0 Å². The number of rotatable bonds is 3. The van der Waals surface area contributed by atoms with Gasteiger partial charge in [-0.15, -0.1) is 0 Å². The van der Waals surface area contributed by atoms with Gasteiger partial charge in [0.1, 0.15) is 5.69 Å². The normalized spacial score (nSPS) is 10.3. The van der Waals surface area contributed by atoms with Crippen molar-refractivity contribution in [2.24, 2.45) is 0 Å². The topological polar surface area (TPSA) is 111 Å². The van der Waals surface area contributed by atoms with Crippen molar-refractivity contribution >= 4 is 33.3 Å². The van der Waals surface area contributed by atoms with Gasteiger partial charge in [-0.25, -0.2) is 4.63 Å². The maximum atomic E-state index is 12.1. The van der Waals surface area contributed by atoms with E-state index in [2.05, 4.69) is 36.2 Å². The highest BCUT2D eigenvalue weighted by molar-refractivity contribution is 9.10. The number of hydrogen-bond acceptors (Lipinski definition) is 6. The summed E-state index contributed by atoms with van der Waals surface area (Å²) in [5.41, 5.74) is 0.721. The van der Waals surface area contributed by atoms with Crippen molar-refractivity contribution in [3.8, 4) is 0 Å². The van der Waals surface area contributed by atoms with E-state index in [0.29, 0.717) is 10.2 Å². The third kappa shape index (κ3) is 2.67. The van der Waals surface area contributed by atoms with Crippen LogP contribution < -0.4 is 5.32 Å². The number of aromatic nitrogens is 2. The molecule has 1 aromatic heterocycles. The number of nitro groups is 1. The van der Waals surface area contributed by atoms with Crippen LogP contribution in [0.25, 0.3) is 0 Å². The standard InChI is InChI=1S/C11H9BrN4O4/c1-5-8(3-7(12)4-9(5)16(18)19)11(17)13-10-6(2)14-20-15-10/h3-4H,1-2H3,(H,13,15,17). The SMILES string of the molecule is Cc1nonc1NC(=O)c1cc(Br)cc([N+](=O)[O-])c1C. The molecule has 0 bridgehead atoms. The van der Waals surface area contributed by atoms with E-state index in [-0.39, 0.29) is 22.6 Å². The van der Waals surface area contributed by atoms with Gasteiger partial charge < -0.3 is 5.32 Å². The van der Waals surface area contributed by atoms with E-state index in [1.807, 2.05) is 0 Å². The van der Waals surface area contributed by atoms with Crippen LogP contribution in [0.1, 0.15) is 21.6 Å². The molecule has 0 atom stereocenters. The Balaban J connectivity index is 2.40. The van der Waals surface area contributed by atoms with Crippen LogP contribution in [0.3, 0.4) is 0 Å². The fourth-order valence-corrected chi connectivity index (χ4v) is 2.06. The van der Waals surface area contributed by atoms with Crippen LogP contribution in [-0.2, 0) is 0 Å². The van der Waals surface area contributed by atoms with Crippen molar-refractivity contribution in [3.63, 3.8) is 0 Å². The van der Waals surface area contributed by atoms with Gasteiger partial charge in [-0.05, 0) is 25.1 Å². The van der Waals surface area contributed by atoms with Crippen LogP contribution in [0.15, 0.2) is 21.2 Å². The lowest BCUT2D eigenvalue weighted by Crippen LogP contribution is -2.15. The first-order valence-corrected chi connectivity index (χ1v) is 6.24. The number of carbonyl (C=O) groups excluding carboxylic acids is 1. The van der Waals surface area contributed by atoms with Crippen LogP contribution in [-0.4, -0.2) is 21.1 Å². The Kier molecular flexibility index (Phi) is 3.79. The van der Waals surface area contributed by atoms with Gasteiger partial charge in [-0.3, -0.25) is 14.9 Å². The number of nitrogens with one attached hydrogen (secondary N) is 1. The first kappa shape index (κ1) is 14.1. The molecule has 0 saturated carbocycles. The average Bonchev–Trinajstić information content (AvgIpc) is 2.77. The van der Waals surface area contributed by atoms with E-state index in [4.69, 9.17) is 0 Å². The van der Waals surface area contributed by atoms with Crippen LogP contribution >= 0.6 is 15.9 Å². The summed E-state index contributed by atoms with van der Waals surface area (Å²) in [5, 5.41) is 20.5. The van der Waals surface area contributed by atoms with Gasteiger partial charge in [0.05, 0.1) is 10.5 Å². The number of hydrogen-bond donors (Lipinski definition) is 1. The Morgan fingerprint density at radius 2 is 2.10 bits per heavy atom. The summed E-state index contributed by atoms with van der Waals surface area (Å²) in [4.78, 5) is 22.5. The molecule has 0 fully saturated rings. The summed E-state index contributed by atoms with van der Waals surface area (Å²) in [6.07, 6.45) is 0. The molecule has 2 rings (SSSR count). The highest BCUT2D eigenvalue weighted by Crippen LogP contribution is 2.27. The molecule has 0 aliphatic rings. The predicted molar refractivity (Wildman–Crippen MR) is 72.5 cm³/mol. The van der Waals surface area contributed by atoms with Crippen molar-refractivity contribution in [1.82, 2.24) is 10.3 Å². The van der Waals surface area contributed by atoms with Crippen LogP contribution in [0.2, 0.25) is 0 Å². The largest absolute Gasteiger partial charge is 0.302 e. The smallest absolute Gasteiger partial charge is 0.274 e. The maximum Gasteiger partial charge on any atom is 0.274 e. The van der Waals surface area contributed by atoms with E-state index >= 15 is 0 Å². The summed E-state index contributed by atoms with van der Waals surface area (Å²) in [5.74, 6) is -0.345. The summed E-state index contributed by atoms with van der Waals surface area (Å²) >= 11 is 3.15. The van der Waals surface area contributed by atoms with Gasteiger partial charge in [0, 0.05) is 16.1 Å². The number of nitro benzene ring substituents is 1. The Hall–Kier alpha value is -2.29. The number of anilines is 1. The third-order valence-electron chi connectivity index (χ3n) is 2.67. The summed E-state index contributed by atoms with van der Waals surface area (Å²) in [7, 11) is 0.